The Morgan fingerprint density at radius 3 is 2.61 bits per heavy atom. The normalized spacial score (nSPS) is 9.56. The lowest BCUT2D eigenvalue weighted by atomic mass is 10.3. The highest BCUT2D eigenvalue weighted by Gasteiger charge is 2.01. The maximum absolute atomic E-state index is 11.0. The van der Waals surface area contributed by atoms with Crippen molar-refractivity contribution in [3.05, 3.63) is 30.3 Å². The van der Waals surface area contributed by atoms with Gasteiger partial charge in [-0.1, -0.05) is 18.2 Å². The molecular formula is C11H14N2O5. The van der Waals surface area contributed by atoms with Crippen LogP contribution in [-0.4, -0.2) is 36.9 Å². The lowest BCUT2D eigenvalue weighted by Crippen LogP contribution is -2.38. The van der Waals surface area contributed by atoms with Crippen LogP contribution in [0.3, 0.4) is 0 Å². The molecule has 7 heteroatoms. The van der Waals surface area contributed by atoms with Crippen LogP contribution < -0.4 is 15.5 Å². The van der Waals surface area contributed by atoms with E-state index in [2.05, 4.69) is 10.2 Å². The summed E-state index contributed by atoms with van der Waals surface area (Å²) in [7, 11) is 0. The van der Waals surface area contributed by atoms with Crippen molar-refractivity contribution in [2.45, 2.75) is 0 Å². The minimum absolute atomic E-state index is 0.275. The number of rotatable bonds is 7. The van der Waals surface area contributed by atoms with Gasteiger partial charge in [-0.15, -0.1) is 0 Å². The maximum Gasteiger partial charge on any atom is 0.338 e. The summed E-state index contributed by atoms with van der Waals surface area (Å²) in [5, 5.41) is 10.7. The SMILES string of the molecule is O=C(O)CONC(=O)NCCOc1ccccc1. The fourth-order valence-corrected chi connectivity index (χ4v) is 1.05. The number of hydrogen-bond donors (Lipinski definition) is 3. The molecule has 0 atom stereocenters. The summed E-state index contributed by atoms with van der Waals surface area (Å²) in [5.74, 6) is -0.454. The largest absolute Gasteiger partial charge is 0.492 e. The van der Waals surface area contributed by atoms with Crippen LogP contribution in [0, 0.1) is 0 Å². The number of aliphatic carboxylic acids is 1. The van der Waals surface area contributed by atoms with Crippen LogP contribution in [0.4, 0.5) is 4.79 Å². The highest BCUT2D eigenvalue weighted by atomic mass is 16.7. The maximum atomic E-state index is 11.0. The molecule has 0 saturated carbocycles. The first-order chi connectivity index (χ1) is 8.68. The first-order valence-electron chi connectivity index (χ1n) is 5.24. The molecule has 0 aliphatic rings. The number of hydroxylamine groups is 1. The first-order valence-corrected chi connectivity index (χ1v) is 5.24. The number of carbonyl (C=O) groups is 2. The van der Waals surface area contributed by atoms with Crippen molar-refractivity contribution in [3.63, 3.8) is 0 Å². The Hall–Kier alpha value is -2.28. The molecule has 1 aromatic rings. The van der Waals surface area contributed by atoms with Crippen LogP contribution in [-0.2, 0) is 9.63 Å². The quantitative estimate of drug-likeness (QED) is 0.483. The number of hydrogen-bond acceptors (Lipinski definition) is 4. The highest BCUT2D eigenvalue weighted by molar-refractivity contribution is 5.73. The number of urea groups is 1. The van der Waals surface area contributed by atoms with E-state index in [-0.39, 0.29) is 6.54 Å². The van der Waals surface area contributed by atoms with E-state index in [1.54, 1.807) is 12.1 Å². The molecule has 0 unspecified atom stereocenters. The predicted molar refractivity (Wildman–Crippen MR) is 62.1 cm³/mol. The van der Waals surface area contributed by atoms with E-state index in [1.165, 1.54) is 0 Å². The fraction of sp³-hybridized carbons (Fsp3) is 0.273. The Morgan fingerprint density at radius 2 is 1.94 bits per heavy atom. The Kier molecular flexibility index (Phi) is 6.05. The molecule has 0 aliphatic heterocycles. The third-order valence-electron chi connectivity index (χ3n) is 1.76. The number of benzene rings is 1. The van der Waals surface area contributed by atoms with Crippen LogP contribution in [0.25, 0.3) is 0 Å². The summed E-state index contributed by atoms with van der Waals surface area (Å²) >= 11 is 0. The standard InChI is InChI=1S/C11H14N2O5/c14-10(15)8-18-13-11(16)12-6-7-17-9-4-2-1-3-5-9/h1-5H,6-8H2,(H,14,15)(H2,12,13,16). The molecule has 7 nitrogen and oxygen atoms in total. The second kappa shape index (κ2) is 7.91. The number of para-hydroxylation sites is 1. The van der Waals surface area contributed by atoms with E-state index in [1.807, 2.05) is 23.7 Å². The number of ether oxygens (including phenoxy) is 1. The Labute approximate surface area is 104 Å². The van der Waals surface area contributed by atoms with Gasteiger partial charge in [-0.2, -0.15) is 0 Å². The smallest absolute Gasteiger partial charge is 0.338 e. The van der Waals surface area contributed by atoms with Gasteiger partial charge in [0, 0.05) is 0 Å². The van der Waals surface area contributed by atoms with E-state index < -0.39 is 18.6 Å². The fourth-order valence-electron chi connectivity index (χ4n) is 1.05. The summed E-state index contributed by atoms with van der Waals surface area (Å²) in [4.78, 5) is 25.5. The van der Waals surface area contributed by atoms with Crippen LogP contribution >= 0.6 is 0 Å². The van der Waals surface area contributed by atoms with Gasteiger partial charge >= 0.3 is 12.0 Å². The summed E-state index contributed by atoms with van der Waals surface area (Å²) in [5.41, 5.74) is 1.93. The van der Waals surface area contributed by atoms with Gasteiger partial charge in [0.1, 0.15) is 12.4 Å². The van der Waals surface area contributed by atoms with Gasteiger partial charge in [-0.05, 0) is 12.1 Å². The zero-order chi connectivity index (χ0) is 13.2. The van der Waals surface area contributed by atoms with Crippen LogP contribution in [0.1, 0.15) is 0 Å². The lowest BCUT2D eigenvalue weighted by molar-refractivity contribution is -0.144. The summed E-state index contributed by atoms with van der Waals surface area (Å²) in [6.45, 7) is -0.0124. The van der Waals surface area contributed by atoms with Crippen molar-refractivity contribution in [1.29, 1.82) is 0 Å². The van der Waals surface area contributed by atoms with Gasteiger partial charge in [0.15, 0.2) is 6.61 Å². The molecule has 0 fully saturated rings. The van der Waals surface area contributed by atoms with Crippen molar-refractivity contribution >= 4 is 12.0 Å². The predicted octanol–water partition coefficient (Wildman–Crippen LogP) is 0.381. The molecule has 0 radical (unpaired) electrons. The Balaban J connectivity index is 2.04. The molecule has 1 aromatic carbocycles. The van der Waals surface area contributed by atoms with Crippen LogP contribution in [0.15, 0.2) is 30.3 Å². The summed E-state index contributed by atoms with van der Waals surface area (Å²) < 4.78 is 5.32. The van der Waals surface area contributed by atoms with Gasteiger partial charge in [0.25, 0.3) is 0 Å². The second-order valence-electron chi connectivity index (χ2n) is 3.20. The van der Waals surface area contributed by atoms with Gasteiger partial charge in [0.05, 0.1) is 6.54 Å². The number of carboxylic acid groups (broad SMARTS) is 1. The zero-order valence-electron chi connectivity index (χ0n) is 9.59. The van der Waals surface area contributed by atoms with Crippen LogP contribution in [0.2, 0.25) is 0 Å². The minimum atomic E-state index is -1.16. The average molecular weight is 254 g/mol. The number of carboxylic acids is 1. The molecule has 0 heterocycles. The van der Waals surface area contributed by atoms with Gasteiger partial charge in [-0.25, -0.2) is 15.1 Å². The molecule has 0 aromatic heterocycles. The molecule has 0 spiro atoms. The van der Waals surface area contributed by atoms with Crippen molar-refractivity contribution in [3.8, 4) is 5.75 Å². The molecule has 0 aliphatic carbocycles. The Bertz CT molecular complexity index is 382. The number of nitrogens with one attached hydrogen (secondary N) is 2. The van der Waals surface area contributed by atoms with Crippen LogP contribution in [0.5, 0.6) is 5.75 Å². The summed E-state index contributed by atoms with van der Waals surface area (Å²) in [6.07, 6.45) is 0. The molecule has 0 saturated heterocycles. The van der Waals surface area contributed by atoms with E-state index in [4.69, 9.17) is 9.84 Å². The third-order valence-corrected chi connectivity index (χ3v) is 1.76. The van der Waals surface area contributed by atoms with Crippen molar-refractivity contribution in [2.24, 2.45) is 0 Å². The molecule has 1 rings (SSSR count). The number of amides is 2. The summed E-state index contributed by atoms with van der Waals surface area (Å²) in [6, 6.07) is 8.54. The monoisotopic (exact) mass is 254 g/mol. The third kappa shape index (κ3) is 6.33. The molecule has 18 heavy (non-hydrogen) atoms. The molecular weight excluding hydrogens is 240 g/mol. The van der Waals surface area contributed by atoms with E-state index in [0.29, 0.717) is 12.4 Å². The van der Waals surface area contributed by atoms with E-state index in [0.717, 1.165) is 0 Å². The average Bonchev–Trinajstić information content (AvgIpc) is 2.35. The first kappa shape index (κ1) is 13.8. The van der Waals surface area contributed by atoms with E-state index >= 15 is 0 Å². The molecule has 2 amide bonds. The van der Waals surface area contributed by atoms with Crippen molar-refractivity contribution in [2.75, 3.05) is 19.8 Å². The Morgan fingerprint density at radius 1 is 1.22 bits per heavy atom. The van der Waals surface area contributed by atoms with Gasteiger partial charge in [-0.3, -0.25) is 4.84 Å². The molecule has 3 N–H and O–H groups in total. The van der Waals surface area contributed by atoms with Crippen molar-refractivity contribution in [1.82, 2.24) is 10.8 Å². The zero-order valence-corrected chi connectivity index (χ0v) is 9.59. The second-order valence-corrected chi connectivity index (χ2v) is 3.20. The molecule has 98 valence electrons. The number of carbonyl (C=O) groups excluding carboxylic acids is 1. The topological polar surface area (TPSA) is 96.9 Å². The van der Waals surface area contributed by atoms with Gasteiger partial charge < -0.3 is 15.2 Å². The van der Waals surface area contributed by atoms with Gasteiger partial charge in [0.2, 0.25) is 0 Å². The molecule has 0 bridgehead atoms. The van der Waals surface area contributed by atoms with E-state index in [9.17, 15) is 9.59 Å². The highest BCUT2D eigenvalue weighted by Crippen LogP contribution is 2.07. The lowest BCUT2D eigenvalue weighted by Gasteiger charge is -2.08. The minimum Gasteiger partial charge on any atom is -0.492 e. The van der Waals surface area contributed by atoms with Crippen molar-refractivity contribution < 1.29 is 24.3 Å².